The molecule has 0 aliphatic carbocycles. The summed E-state index contributed by atoms with van der Waals surface area (Å²) < 4.78 is 0. The third-order valence-electron chi connectivity index (χ3n) is 3.23. The minimum atomic E-state index is 0.891. The van der Waals surface area contributed by atoms with Gasteiger partial charge in [-0.2, -0.15) is 0 Å². The summed E-state index contributed by atoms with van der Waals surface area (Å²) in [6.07, 6.45) is 6.86. The lowest BCUT2D eigenvalue weighted by molar-refractivity contribution is 0.959. The Balaban J connectivity index is 2.37. The molecule has 0 spiro atoms. The maximum atomic E-state index is 3.43. The maximum absolute atomic E-state index is 3.43. The van der Waals surface area contributed by atoms with Crippen LogP contribution in [0.4, 0.5) is 11.4 Å². The number of benzene rings is 1. The van der Waals surface area contributed by atoms with Gasteiger partial charge in [0.2, 0.25) is 0 Å². The average molecular weight is 272 g/mol. The summed E-state index contributed by atoms with van der Waals surface area (Å²) in [6.45, 7) is 7.40. The van der Waals surface area contributed by atoms with Crippen molar-refractivity contribution >= 4 is 11.4 Å². The highest BCUT2D eigenvalue weighted by atomic mass is 15.1. The fraction of sp³-hybridized carbons (Fsp3) is 0.444. The van der Waals surface area contributed by atoms with Crippen LogP contribution in [-0.2, 0) is 0 Å². The van der Waals surface area contributed by atoms with Crippen LogP contribution < -0.4 is 10.2 Å². The van der Waals surface area contributed by atoms with Crippen molar-refractivity contribution < 1.29 is 0 Å². The van der Waals surface area contributed by atoms with Crippen molar-refractivity contribution in [2.45, 2.75) is 33.6 Å². The standard InChI is InChI=1S/C18H28N2/c1-15(2)7-6-8-16(3)13-14-19-17-9-11-18(12-10-17)20(4)5/h7,9-13,19H,6,8,14H2,1-5H3/b16-13+. The Morgan fingerprint density at radius 1 is 1.05 bits per heavy atom. The van der Waals surface area contributed by atoms with E-state index in [1.54, 1.807) is 0 Å². The highest BCUT2D eigenvalue weighted by Crippen LogP contribution is 2.15. The van der Waals surface area contributed by atoms with Crippen LogP contribution in [0.3, 0.4) is 0 Å². The van der Waals surface area contributed by atoms with Gasteiger partial charge in [0.05, 0.1) is 0 Å². The summed E-state index contributed by atoms with van der Waals surface area (Å²) in [5.74, 6) is 0. The molecule has 0 aromatic heterocycles. The van der Waals surface area contributed by atoms with Crippen LogP contribution in [0.1, 0.15) is 33.6 Å². The quantitative estimate of drug-likeness (QED) is 0.713. The van der Waals surface area contributed by atoms with Crippen LogP contribution in [0.15, 0.2) is 47.6 Å². The topological polar surface area (TPSA) is 15.3 Å². The average Bonchev–Trinajstić information content (AvgIpc) is 2.39. The third-order valence-corrected chi connectivity index (χ3v) is 3.23. The first kappa shape index (κ1) is 16.4. The molecule has 2 nitrogen and oxygen atoms in total. The Kier molecular flexibility index (Phi) is 6.92. The molecule has 0 atom stereocenters. The van der Waals surface area contributed by atoms with Gasteiger partial charge in [-0.3, -0.25) is 0 Å². The normalized spacial score (nSPS) is 11.2. The highest BCUT2D eigenvalue weighted by Gasteiger charge is 1.95. The number of hydrogen-bond acceptors (Lipinski definition) is 2. The molecule has 0 radical (unpaired) electrons. The van der Waals surface area contributed by atoms with Gasteiger partial charge in [-0.25, -0.2) is 0 Å². The lowest BCUT2D eigenvalue weighted by atomic mass is 10.1. The molecular weight excluding hydrogens is 244 g/mol. The van der Waals surface area contributed by atoms with Gasteiger partial charge in [0.25, 0.3) is 0 Å². The summed E-state index contributed by atoms with van der Waals surface area (Å²) in [4.78, 5) is 2.11. The predicted molar refractivity (Wildman–Crippen MR) is 91.7 cm³/mol. The largest absolute Gasteiger partial charge is 0.382 e. The van der Waals surface area contributed by atoms with Crippen molar-refractivity contribution in [1.82, 2.24) is 0 Å². The van der Waals surface area contributed by atoms with Crippen LogP contribution in [0.25, 0.3) is 0 Å². The van der Waals surface area contributed by atoms with Crippen LogP contribution >= 0.6 is 0 Å². The number of allylic oxidation sites excluding steroid dienone is 3. The molecule has 0 fully saturated rings. The Morgan fingerprint density at radius 2 is 1.70 bits per heavy atom. The number of nitrogens with one attached hydrogen (secondary N) is 1. The van der Waals surface area contributed by atoms with Gasteiger partial charge >= 0.3 is 0 Å². The number of anilines is 2. The van der Waals surface area contributed by atoms with Crippen molar-refractivity contribution in [3.63, 3.8) is 0 Å². The molecule has 0 aliphatic rings. The minimum Gasteiger partial charge on any atom is -0.382 e. The number of hydrogen-bond donors (Lipinski definition) is 1. The zero-order chi connectivity index (χ0) is 15.0. The number of nitrogens with zero attached hydrogens (tertiary/aromatic N) is 1. The molecule has 1 aromatic carbocycles. The minimum absolute atomic E-state index is 0.891. The predicted octanol–water partition coefficient (Wildman–Crippen LogP) is 4.86. The van der Waals surface area contributed by atoms with Gasteiger partial charge in [0.15, 0.2) is 0 Å². The van der Waals surface area contributed by atoms with E-state index in [1.807, 2.05) is 0 Å². The molecule has 0 saturated heterocycles. The molecular formula is C18H28N2. The molecule has 0 saturated carbocycles. The van der Waals surface area contributed by atoms with Gasteiger partial charge in [0.1, 0.15) is 0 Å². The fourth-order valence-electron chi connectivity index (χ4n) is 1.91. The molecule has 2 heteroatoms. The first-order chi connectivity index (χ1) is 9.49. The maximum Gasteiger partial charge on any atom is 0.0362 e. The summed E-state index contributed by atoms with van der Waals surface area (Å²) in [6, 6.07) is 8.52. The Labute approximate surface area is 124 Å². The molecule has 1 rings (SSSR count). The molecule has 20 heavy (non-hydrogen) atoms. The van der Waals surface area contributed by atoms with Crippen LogP contribution in [-0.4, -0.2) is 20.6 Å². The fourth-order valence-corrected chi connectivity index (χ4v) is 1.91. The van der Waals surface area contributed by atoms with Crippen molar-refractivity contribution in [2.24, 2.45) is 0 Å². The van der Waals surface area contributed by atoms with Crippen molar-refractivity contribution in [2.75, 3.05) is 30.9 Å². The SMILES string of the molecule is CC(C)=CCC/C(C)=C/CNc1ccc(N(C)C)cc1. The van der Waals surface area contributed by atoms with Crippen LogP contribution in [0.2, 0.25) is 0 Å². The first-order valence-corrected chi connectivity index (χ1v) is 7.29. The van der Waals surface area contributed by atoms with E-state index in [1.165, 1.54) is 22.5 Å². The molecule has 0 unspecified atom stereocenters. The molecule has 1 N–H and O–H groups in total. The van der Waals surface area contributed by atoms with E-state index in [0.717, 1.165) is 19.4 Å². The van der Waals surface area contributed by atoms with E-state index in [9.17, 15) is 0 Å². The van der Waals surface area contributed by atoms with E-state index in [-0.39, 0.29) is 0 Å². The van der Waals surface area contributed by atoms with E-state index in [2.05, 4.69) is 81.5 Å². The van der Waals surface area contributed by atoms with Gasteiger partial charge in [-0.05, 0) is 57.9 Å². The van der Waals surface area contributed by atoms with E-state index >= 15 is 0 Å². The third kappa shape index (κ3) is 6.46. The van der Waals surface area contributed by atoms with Crippen molar-refractivity contribution in [1.29, 1.82) is 0 Å². The zero-order valence-corrected chi connectivity index (χ0v) is 13.5. The zero-order valence-electron chi connectivity index (χ0n) is 13.5. The van der Waals surface area contributed by atoms with Gasteiger partial charge in [0, 0.05) is 32.0 Å². The van der Waals surface area contributed by atoms with E-state index in [4.69, 9.17) is 0 Å². The number of rotatable bonds is 7. The highest BCUT2D eigenvalue weighted by molar-refractivity contribution is 5.54. The van der Waals surface area contributed by atoms with Crippen LogP contribution in [0.5, 0.6) is 0 Å². The molecule has 0 aliphatic heterocycles. The Morgan fingerprint density at radius 3 is 2.25 bits per heavy atom. The molecule has 0 bridgehead atoms. The molecule has 110 valence electrons. The summed E-state index contributed by atoms with van der Waals surface area (Å²) in [7, 11) is 4.11. The summed E-state index contributed by atoms with van der Waals surface area (Å²) >= 11 is 0. The van der Waals surface area contributed by atoms with Gasteiger partial charge in [-0.1, -0.05) is 23.3 Å². The smallest absolute Gasteiger partial charge is 0.0362 e. The second-order valence-corrected chi connectivity index (χ2v) is 5.69. The lowest BCUT2D eigenvalue weighted by Crippen LogP contribution is -2.08. The molecule has 0 amide bonds. The van der Waals surface area contributed by atoms with Gasteiger partial charge in [-0.15, -0.1) is 0 Å². The summed E-state index contributed by atoms with van der Waals surface area (Å²) in [5, 5.41) is 3.43. The Hall–Kier alpha value is -1.70. The summed E-state index contributed by atoms with van der Waals surface area (Å²) in [5.41, 5.74) is 5.24. The second kappa shape index (κ2) is 8.47. The van der Waals surface area contributed by atoms with Gasteiger partial charge < -0.3 is 10.2 Å². The van der Waals surface area contributed by atoms with Crippen LogP contribution in [0, 0.1) is 0 Å². The molecule has 0 heterocycles. The lowest BCUT2D eigenvalue weighted by Gasteiger charge is -2.13. The Bertz CT molecular complexity index is 449. The molecule has 1 aromatic rings. The second-order valence-electron chi connectivity index (χ2n) is 5.69. The van der Waals surface area contributed by atoms with Crippen molar-refractivity contribution in [3.8, 4) is 0 Å². The van der Waals surface area contributed by atoms with Crippen molar-refractivity contribution in [3.05, 3.63) is 47.6 Å². The van der Waals surface area contributed by atoms with E-state index < -0.39 is 0 Å². The van der Waals surface area contributed by atoms with E-state index in [0.29, 0.717) is 0 Å². The first-order valence-electron chi connectivity index (χ1n) is 7.29. The monoisotopic (exact) mass is 272 g/mol.